The molecule has 33 heavy (non-hydrogen) atoms. The van der Waals surface area contributed by atoms with Gasteiger partial charge >= 0.3 is 0 Å². The van der Waals surface area contributed by atoms with E-state index >= 15 is 0 Å². The maximum absolute atomic E-state index is 12.4. The number of amides is 2. The minimum Gasteiger partial charge on any atom is -0.349 e. The van der Waals surface area contributed by atoms with Crippen molar-refractivity contribution in [2.45, 2.75) is 18.1 Å². The number of carbonyl (C=O) groups excluding carboxylic acids is 2. The zero-order valence-electron chi connectivity index (χ0n) is 17.9. The Morgan fingerprint density at radius 1 is 1.00 bits per heavy atom. The van der Waals surface area contributed by atoms with Crippen LogP contribution in [0.15, 0.2) is 71.2 Å². The van der Waals surface area contributed by atoms with Gasteiger partial charge in [-0.2, -0.15) is 0 Å². The van der Waals surface area contributed by atoms with Gasteiger partial charge in [-0.1, -0.05) is 72.4 Å². The molecule has 4 aromatic rings. The Balaban J connectivity index is 1.25. The normalized spacial score (nSPS) is 10.7. The molecule has 0 aliphatic carbocycles. The quantitative estimate of drug-likeness (QED) is 0.357. The molecule has 0 saturated heterocycles. The standard InChI is InChI=1S/C23H22N6O2S2/c1-29-19(13-24-20(30)12-16-8-4-2-5-9-16)27-28-23(29)33-15-21(31)26-22-25-18(14-32-22)17-10-6-3-7-11-17/h2-11,14H,12-13,15H2,1H3,(H,24,30)(H,25,26,31). The van der Waals surface area contributed by atoms with Crippen LogP contribution in [0.25, 0.3) is 11.3 Å². The van der Waals surface area contributed by atoms with Gasteiger partial charge in [-0.3, -0.25) is 9.59 Å². The molecule has 2 N–H and O–H groups in total. The van der Waals surface area contributed by atoms with Gasteiger partial charge in [-0.05, 0) is 5.56 Å². The molecule has 2 heterocycles. The third-order valence-electron chi connectivity index (χ3n) is 4.73. The average Bonchev–Trinajstić information content (AvgIpc) is 3.44. The summed E-state index contributed by atoms with van der Waals surface area (Å²) < 4.78 is 1.78. The van der Waals surface area contributed by atoms with Crippen LogP contribution in [0.5, 0.6) is 0 Å². The van der Waals surface area contributed by atoms with Crippen molar-refractivity contribution in [3.8, 4) is 11.3 Å². The molecule has 0 aliphatic rings. The van der Waals surface area contributed by atoms with Crippen molar-refractivity contribution in [3.05, 3.63) is 77.4 Å². The highest BCUT2D eigenvalue weighted by molar-refractivity contribution is 7.99. The molecular formula is C23H22N6O2S2. The van der Waals surface area contributed by atoms with Crippen LogP contribution in [-0.4, -0.2) is 37.3 Å². The van der Waals surface area contributed by atoms with Gasteiger partial charge in [0.05, 0.1) is 24.4 Å². The lowest BCUT2D eigenvalue weighted by molar-refractivity contribution is -0.120. The molecule has 10 heteroatoms. The van der Waals surface area contributed by atoms with Crippen LogP contribution in [0.4, 0.5) is 5.13 Å². The van der Waals surface area contributed by atoms with E-state index in [9.17, 15) is 9.59 Å². The van der Waals surface area contributed by atoms with Gasteiger partial charge in [0, 0.05) is 18.0 Å². The molecule has 0 radical (unpaired) electrons. The Bertz CT molecular complexity index is 1220. The summed E-state index contributed by atoms with van der Waals surface area (Å²) in [5.41, 5.74) is 2.79. The molecule has 2 aromatic carbocycles. The maximum Gasteiger partial charge on any atom is 0.236 e. The molecule has 2 aromatic heterocycles. The number of rotatable bonds is 9. The van der Waals surface area contributed by atoms with E-state index in [0.29, 0.717) is 22.5 Å². The number of thiazole rings is 1. The SMILES string of the molecule is Cn1c(CNC(=O)Cc2ccccc2)nnc1SCC(=O)Nc1nc(-c2ccccc2)cs1. The third-order valence-corrected chi connectivity index (χ3v) is 6.51. The molecular weight excluding hydrogens is 456 g/mol. The second kappa shape index (κ2) is 10.9. The first-order chi connectivity index (χ1) is 16.1. The highest BCUT2D eigenvalue weighted by atomic mass is 32.2. The van der Waals surface area contributed by atoms with Crippen molar-refractivity contribution in [3.63, 3.8) is 0 Å². The summed E-state index contributed by atoms with van der Waals surface area (Å²) in [5.74, 6) is 0.532. The Morgan fingerprint density at radius 2 is 1.73 bits per heavy atom. The molecule has 0 spiro atoms. The minimum absolute atomic E-state index is 0.0869. The van der Waals surface area contributed by atoms with Crippen LogP contribution in [0.2, 0.25) is 0 Å². The van der Waals surface area contributed by atoms with Gasteiger partial charge in [0.25, 0.3) is 0 Å². The summed E-state index contributed by atoms with van der Waals surface area (Å²) in [5, 5.41) is 17.0. The van der Waals surface area contributed by atoms with E-state index in [0.717, 1.165) is 16.8 Å². The van der Waals surface area contributed by atoms with E-state index in [1.807, 2.05) is 73.1 Å². The summed E-state index contributed by atoms with van der Waals surface area (Å²) in [6.45, 7) is 0.267. The lowest BCUT2D eigenvalue weighted by Crippen LogP contribution is -2.26. The van der Waals surface area contributed by atoms with Crippen molar-refractivity contribution in [1.29, 1.82) is 0 Å². The number of nitrogens with zero attached hydrogens (tertiary/aromatic N) is 4. The van der Waals surface area contributed by atoms with Crippen LogP contribution in [0.3, 0.4) is 0 Å². The van der Waals surface area contributed by atoms with E-state index in [4.69, 9.17) is 0 Å². The maximum atomic E-state index is 12.4. The van der Waals surface area contributed by atoms with Crippen molar-refractivity contribution in [2.24, 2.45) is 7.05 Å². The number of nitrogens with one attached hydrogen (secondary N) is 2. The fourth-order valence-corrected chi connectivity index (χ4v) is 4.47. The van der Waals surface area contributed by atoms with E-state index in [1.165, 1.54) is 23.1 Å². The fraction of sp³-hybridized carbons (Fsp3) is 0.174. The van der Waals surface area contributed by atoms with Crippen molar-refractivity contribution < 1.29 is 9.59 Å². The molecule has 8 nitrogen and oxygen atoms in total. The molecule has 0 aliphatic heterocycles. The zero-order valence-corrected chi connectivity index (χ0v) is 19.5. The van der Waals surface area contributed by atoms with Crippen LogP contribution in [-0.2, 0) is 29.6 Å². The van der Waals surface area contributed by atoms with Gasteiger partial charge in [0.2, 0.25) is 11.8 Å². The molecule has 168 valence electrons. The number of benzene rings is 2. The predicted molar refractivity (Wildman–Crippen MR) is 130 cm³/mol. The van der Waals surface area contributed by atoms with E-state index < -0.39 is 0 Å². The van der Waals surface area contributed by atoms with Gasteiger partial charge in [0.1, 0.15) is 0 Å². The summed E-state index contributed by atoms with van der Waals surface area (Å²) in [7, 11) is 1.81. The van der Waals surface area contributed by atoms with Gasteiger partial charge in [0.15, 0.2) is 16.1 Å². The summed E-state index contributed by atoms with van der Waals surface area (Å²) in [6.07, 6.45) is 0.309. The molecule has 0 saturated carbocycles. The van der Waals surface area contributed by atoms with Crippen LogP contribution in [0.1, 0.15) is 11.4 Å². The molecule has 0 bridgehead atoms. The third kappa shape index (κ3) is 6.27. The van der Waals surface area contributed by atoms with Gasteiger partial charge in [-0.25, -0.2) is 4.98 Å². The number of anilines is 1. The number of hydrogen-bond donors (Lipinski definition) is 2. The van der Waals surface area contributed by atoms with Crippen LogP contribution >= 0.6 is 23.1 Å². The highest BCUT2D eigenvalue weighted by Crippen LogP contribution is 2.25. The van der Waals surface area contributed by atoms with Crippen molar-refractivity contribution in [2.75, 3.05) is 11.1 Å². The second-order valence-electron chi connectivity index (χ2n) is 7.14. The Hall–Kier alpha value is -3.50. The molecule has 4 rings (SSSR count). The fourth-order valence-electron chi connectivity index (χ4n) is 3.00. The smallest absolute Gasteiger partial charge is 0.236 e. The lowest BCUT2D eigenvalue weighted by atomic mass is 10.1. The second-order valence-corrected chi connectivity index (χ2v) is 8.94. The Morgan fingerprint density at radius 3 is 2.48 bits per heavy atom. The monoisotopic (exact) mass is 478 g/mol. The Labute approximate surface area is 199 Å². The largest absolute Gasteiger partial charge is 0.349 e. The average molecular weight is 479 g/mol. The zero-order chi connectivity index (χ0) is 23.0. The van der Waals surface area contributed by atoms with E-state index in [-0.39, 0.29) is 24.1 Å². The summed E-state index contributed by atoms with van der Waals surface area (Å²) in [6, 6.07) is 19.4. The molecule has 2 amide bonds. The first kappa shape index (κ1) is 22.7. The topological polar surface area (TPSA) is 102 Å². The van der Waals surface area contributed by atoms with Crippen molar-refractivity contribution in [1.82, 2.24) is 25.1 Å². The number of carbonyl (C=O) groups is 2. The molecule has 0 unspecified atom stereocenters. The first-order valence-corrected chi connectivity index (χ1v) is 12.1. The summed E-state index contributed by atoms with van der Waals surface area (Å²) >= 11 is 2.66. The van der Waals surface area contributed by atoms with Crippen molar-refractivity contribution >= 4 is 40.0 Å². The lowest BCUT2D eigenvalue weighted by Gasteiger charge is -2.06. The minimum atomic E-state index is -0.172. The molecule has 0 atom stereocenters. The number of aromatic nitrogens is 4. The van der Waals surface area contributed by atoms with E-state index in [2.05, 4.69) is 25.8 Å². The summed E-state index contributed by atoms with van der Waals surface area (Å²) in [4.78, 5) is 29.0. The highest BCUT2D eigenvalue weighted by Gasteiger charge is 2.14. The van der Waals surface area contributed by atoms with Crippen LogP contribution < -0.4 is 10.6 Å². The number of thioether (sulfide) groups is 1. The Kier molecular flexibility index (Phi) is 7.48. The number of hydrogen-bond acceptors (Lipinski definition) is 7. The van der Waals surface area contributed by atoms with Gasteiger partial charge < -0.3 is 15.2 Å². The first-order valence-electron chi connectivity index (χ1n) is 10.2. The van der Waals surface area contributed by atoms with E-state index in [1.54, 1.807) is 4.57 Å². The van der Waals surface area contributed by atoms with Crippen LogP contribution in [0, 0.1) is 0 Å². The molecule has 0 fully saturated rings. The predicted octanol–water partition coefficient (Wildman–Crippen LogP) is 3.53. The van der Waals surface area contributed by atoms with Gasteiger partial charge in [-0.15, -0.1) is 21.5 Å².